The topological polar surface area (TPSA) is 109 Å². The molecule has 0 saturated carbocycles. The van der Waals surface area contributed by atoms with E-state index in [9.17, 15) is 14.4 Å². The summed E-state index contributed by atoms with van der Waals surface area (Å²) in [6, 6.07) is 49.0. The molecule has 272 valence electrons. The number of hydrogen-bond acceptors (Lipinski definition) is 7. The third-order valence-corrected chi connectivity index (χ3v) is 10.6. The van der Waals surface area contributed by atoms with E-state index in [2.05, 4.69) is 20.9 Å². The van der Waals surface area contributed by atoms with Crippen molar-refractivity contribution in [3.05, 3.63) is 180 Å². The summed E-state index contributed by atoms with van der Waals surface area (Å²) in [6.07, 6.45) is 1.65. The maximum atomic E-state index is 13.9. The molecule has 7 rings (SSSR count). The third-order valence-electron chi connectivity index (χ3n) is 8.44. The Morgan fingerprint density at radius 1 is 0.745 bits per heavy atom. The molecule has 0 aliphatic rings. The van der Waals surface area contributed by atoms with Gasteiger partial charge >= 0.3 is 0 Å². The minimum absolute atomic E-state index is 0.0742. The fourth-order valence-electron chi connectivity index (χ4n) is 5.78. The summed E-state index contributed by atoms with van der Waals surface area (Å²) >= 11 is 2.74. The summed E-state index contributed by atoms with van der Waals surface area (Å²) in [5.41, 5.74) is 5.42. The van der Waals surface area contributed by atoms with Gasteiger partial charge in [0.15, 0.2) is 5.13 Å². The molecule has 0 spiro atoms. The normalized spacial score (nSPS) is 11.8. The van der Waals surface area contributed by atoms with Gasteiger partial charge in [0.25, 0.3) is 11.8 Å². The number of benzene rings is 6. The highest BCUT2D eigenvalue weighted by Crippen LogP contribution is 2.38. The number of carbonyl (C=O) groups excluding carboxylic acids is 3. The first-order chi connectivity index (χ1) is 26.9. The molecule has 1 atom stereocenters. The number of ether oxygens (including phenoxy) is 1. The summed E-state index contributed by atoms with van der Waals surface area (Å²) in [7, 11) is 0. The quantitative estimate of drug-likeness (QED) is 0.0798. The second-order valence-corrected chi connectivity index (χ2v) is 14.5. The Labute approximate surface area is 327 Å². The first-order valence-electron chi connectivity index (χ1n) is 17.6. The number of fused-ring (bicyclic) bond motifs is 1. The molecule has 0 radical (unpaired) electrons. The zero-order chi connectivity index (χ0) is 38.0. The summed E-state index contributed by atoms with van der Waals surface area (Å²) in [4.78, 5) is 46.4. The first-order valence-corrected chi connectivity index (χ1v) is 19.3. The van der Waals surface area contributed by atoms with Crippen molar-refractivity contribution in [1.29, 1.82) is 0 Å². The van der Waals surface area contributed by atoms with Crippen LogP contribution in [0.2, 0.25) is 0 Å². The molecule has 0 aliphatic carbocycles. The molecular weight excluding hydrogens is 725 g/mol. The second kappa shape index (κ2) is 17.6. The van der Waals surface area contributed by atoms with Crippen LogP contribution in [0.4, 0.5) is 10.8 Å². The van der Waals surface area contributed by atoms with Crippen LogP contribution in [0.15, 0.2) is 168 Å². The number of amides is 3. The van der Waals surface area contributed by atoms with E-state index in [0.29, 0.717) is 23.0 Å². The first kappa shape index (κ1) is 36.9. The number of anilines is 2. The zero-order valence-electron chi connectivity index (χ0n) is 29.8. The molecule has 0 aliphatic heterocycles. The number of thioether (sulfide) groups is 1. The highest BCUT2D eigenvalue weighted by Gasteiger charge is 2.24. The van der Waals surface area contributed by atoms with Crippen LogP contribution in [-0.4, -0.2) is 29.3 Å². The fraction of sp³-hybridized carbons (Fsp3) is 0.0667. The lowest BCUT2D eigenvalue weighted by Gasteiger charge is -2.17. The molecule has 6 aromatic carbocycles. The third kappa shape index (κ3) is 9.55. The minimum Gasteiger partial charge on any atom is -0.494 e. The largest absolute Gasteiger partial charge is 0.494 e. The van der Waals surface area contributed by atoms with Crippen LogP contribution in [-0.2, 0) is 9.59 Å². The number of aromatic nitrogens is 1. The molecule has 10 heteroatoms. The summed E-state index contributed by atoms with van der Waals surface area (Å²) in [5, 5.41) is 8.65. The molecule has 0 fully saturated rings. The van der Waals surface area contributed by atoms with Crippen LogP contribution >= 0.6 is 23.1 Å². The van der Waals surface area contributed by atoms with Crippen molar-refractivity contribution in [1.82, 2.24) is 10.3 Å². The minimum atomic E-state index is -0.627. The van der Waals surface area contributed by atoms with E-state index in [1.54, 1.807) is 36.4 Å². The standard InChI is InChI=1S/C45H36N4O4S2/c1-2-53-36-25-26-38-40(29-36)55-45(48-38)49-44(52)41(33-15-8-4-9-16-33)54-37-20-12-19-35(28-37)46-43(51)39(47-42(50)34-17-10-5-11-18-34)27-30-21-23-32(24-22-30)31-13-6-3-7-14-31/h3-29,41H,2H2,1H3,(H,46,51)(H,47,50)(H,48,49,52)/b39-27+. The molecule has 3 N–H and O–H groups in total. The van der Waals surface area contributed by atoms with E-state index >= 15 is 0 Å². The average molecular weight is 761 g/mol. The van der Waals surface area contributed by atoms with Crippen molar-refractivity contribution in [3.63, 3.8) is 0 Å². The van der Waals surface area contributed by atoms with Crippen molar-refractivity contribution in [2.45, 2.75) is 17.1 Å². The smallest absolute Gasteiger partial charge is 0.272 e. The van der Waals surface area contributed by atoms with Crippen LogP contribution in [0, 0.1) is 0 Å². The molecule has 3 amide bonds. The molecule has 0 saturated heterocycles. The Hall–Kier alpha value is -6.49. The summed E-state index contributed by atoms with van der Waals surface area (Å²) in [6.45, 7) is 2.49. The SMILES string of the molecule is CCOc1ccc2nc(NC(=O)C(Sc3cccc(NC(=O)/C(=C\c4ccc(-c5ccccc5)cc4)NC(=O)c4ccccc4)c3)c3ccccc3)sc2c1. The van der Waals surface area contributed by atoms with E-state index in [1.807, 2.05) is 134 Å². The van der Waals surface area contributed by atoms with Gasteiger partial charge in [0.1, 0.15) is 16.7 Å². The number of nitrogens with zero attached hydrogens (tertiary/aromatic N) is 1. The number of carbonyl (C=O) groups is 3. The van der Waals surface area contributed by atoms with Crippen molar-refractivity contribution < 1.29 is 19.1 Å². The van der Waals surface area contributed by atoms with Gasteiger partial charge in [-0.1, -0.05) is 121 Å². The molecule has 0 bridgehead atoms. The van der Waals surface area contributed by atoms with E-state index in [0.717, 1.165) is 43.1 Å². The van der Waals surface area contributed by atoms with Gasteiger partial charge in [-0.2, -0.15) is 0 Å². The van der Waals surface area contributed by atoms with Crippen molar-refractivity contribution in [2.24, 2.45) is 0 Å². The van der Waals surface area contributed by atoms with Crippen LogP contribution < -0.4 is 20.7 Å². The highest BCUT2D eigenvalue weighted by atomic mass is 32.2. The van der Waals surface area contributed by atoms with Gasteiger partial charge in [-0.3, -0.25) is 14.4 Å². The molecule has 8 nitrogen and oxygen atoms in total. The summed E-state index contributed by atoms with van der Waals surface area (Å²) in [5.74, 6) is -0.396. The maximum Gasteiger partial charge on any atom is 0.272 e. The van der Waals surface area contributed by atoms with Crippen LogP contribution in [0.5, 0.6) is 5.75 Å². The predicted molar refractivity (Wildman–Crippen MR) is 223 cm³/mol. The highest BCUT2D eigenvalue weighted by molar-refractivity contribution is 8.00. The molecule has 55 heavy (non-hydrogen) atoms. The van der Waals surface area contributed by atoms with Gasteiger partial charge in [-0.05, 0) is 83.8 Å². The van der Waals surface area contributed by atoms with Gasteiger partial charge in [0.2, 0.25) is 5.91 Å². The Bertz CT molecular complexity index is 2450. The van der Waals surface area contributed by atoms with Gasteiger partial charge in [0.05, 0.1) is 16.8 Å². The maximum absolute atomic E-state index is 13.9. The molecule has 1 aromatic heterocycles. The molecule has 7 aromatic rings. The van der Waals surface area contributed by atoms with E-state index in [1.165, 1.54) is 23.1 Å². The lowest BCUT2D eigenvalue weighted by molar-refractivity contribution is -0.116. The molecule has 1 heterocycles. The number of nitrogens with one attached hydrogen (secondary N) is 3. The van der Waals surface area contributed by atoms with Gasteiger partial charge in [-0.25, -0.2) is 4.98 Å². The van der Waals surface area contributed by atoms with E-state index < -0.39 is 17.1 Å². The van der Waals surface area contributed by atoms with E-state index in [-0.39, 0.29) is 11.6 Å². The monoisotopic (exact) mass is 760 g/mol. The van der Waals surface area contributed by atoms with Gasteiger partial charge < -0.3 is 20.7 Å². The Morgan fingerprint density at radius 3 is 2.16 bits per heavy atom. The zero-order valence-corrected chi connectivity index (χ0v) is 31.4. The number of thiazole rings is 1. The lowest BCUT2D eigenvalue weighted by Crippen LogP contribution is -2.30. The van der Waals surface area contributed by atoms with Crippen molar-refractivity contribution in [3.8, 4) is 16.9 Å². The Morgan fingerprint density at radius 2 is 1.44 bits per heavy atom. The summed E-state index contributed by atoms with van der Waals surface area (Å²) < 4.78 is 6.54. The second-order valence-electron chi connectivity index (χ2n) is 12.3. The molecular formula is C45H36N4O4S2. The van der Waals surface area contributed by atoms with Crippen LogP contribution in [0.25, 0.3) is 27.4 Å². The van der Waals surface area contributed by atoms with E-state index in [4.69, 9.17) is 4.74 Å². The van der Waals surface area contributed by atoms with Gasteiger partial charge in [-0.15, -0.1) is 11.8 Å². The lowest BCUT2D eigenvalue weighted by atomic mass is 10.0. The van der Waals surface area contributed by atoms with Gasteiger partial charge in [0, 0.05) is 16.1 Å². The fourth-order valence-corrected chi connectivity index (χ4v) is 7.76. The van der Waals surface area contributed by atoms with Crippen molar-refractivity contribution in [2.75, 3.05) is 17.2 Å². The van der Waals surface area contributed by atoms with Crippen LogP contribution in [0.1, 0.15) is 33.7 Å². The number of rotatable bonds is 13. The molecule has 1 unspecified atom stereocenters. The Kier molecular flexibility index (Phi) is 11.8. The Balaban J connectivity index is 1.11. The average Bonchev–Trinajstić information content (AvgIpc) is 3.62. The number of hydrogen-bond donors (Lipinski definition) is 3. The predicted octanol–water partition coefficient (Wildman–Crippen LogP) is 10.2. The van der Waals surface area contributed by atoms with Crippen molar-refractivity contribution >= 4 is 67.9 Å². The van der Waals surface area contributed by atoms with Crippen LogP contribution in [0.3, 0.4) is 0 Å².